The number of phosphoric acid groups is 2. The first kappa shape index (κ1) is 93.1. The van der Waals surface area contributed by atoms with Crippen LogP contribution in [-0.4, -0.2) is 96.7 Å². The molecule has 0 aliphatic rings. The molecule has 0 bridgehead atoms. The van der Waals surface area contributed by atoms with Crippen LogP contribution in [-0.2, 0) is 65.4 Å². The van der Waals surface area contributed by atoms with Gasteiger partial charge in [0.2, 0.25) is 0 Å². The van der Waals surface area contributed by atoms with Gasteiger partial charge in [-0.1, -0.05) is 331 Å². The van der Waals surface area contributed by atoms with Crippen LogP contribution in [0.4, 0.5) is 0 Å². The number of ether oxygens (including phenoxy) is 4. The lowest BCUT2D eigenvalue weighted by Gasteiger charge is -2.21. The summed E-state index contributed by atoms with van der Waals surface area (Å²) in [4.78, 5) is 72.8. The van der Waals surface area contributed by atoms with Crippen LogP contribution < -0.4 is 0 Å². The number of aliphatic hydroxyl groups excluding tert-OH is 1. The fourth-order valence-corrected chi connectivity index (χ4v) is 13.1. The Morgan fingerprint density at radius 2 is 0.505 bits per heavy atom. The first-order valence-corrected chi connectivity index (χ1v) is 42.2. The molecule has 19 heteroatoms. The lowest BCUT2D eigenvalue weighted by atomic mass is 9.99. The summed E-state index contributed by atoms with van der Waals surface area (Å²) < 4.78 is 68.5. The van der Waals surface area contributed by atoms with E-state index in [1.807, 2.05) is 0 Å². The summed E-state index contributed by atoms with van der Waals surface area (Å²) in [6.07, 6.45) is 49.8. The Bertz CT molecular complexity index is 1870. The molecular weight excluding hydrogens is 1250 g/mol. The van der Waals surface area contributed by atoms with Crippen LogP contribution >= 0.6 is 15.6 Å². The Morgan fingerprint density at radius 1 is 0.295 bits per heavy atom. The Labute approximate surface area is 581 Å². The number of aliphatic hydroxyl groups is 1. The van der Waals surface area contributed by atoms with Crippen LogP contribution in [0.15, 0.2) is 0 Å². The highest BCUT2D eigenvalue weighted by Gasteiger charge is 2.30. The maximum absolute atomic E-state index is 13.1. The van der Waals surface area contributed by atoms with E-state index >= 15 is 0 Å². The van der Waals surface area contributed by atoms with Crippen molar-refractivity contribution in [1.82, 2.24) is 0 Å². The fraction of sp³-hybridized carbons (Fsp3) is 0.947. The van der Waals surface area contributed by atoms with Crippen LogP contribution in [0.3, 0.4) is 0 Å². The molecule has 0 aromatic rings. The molecule has 564 valence electrons. The molecule has 0 aromatic heterocycles. The van der Waals surface area contributed by atoms with Gasteiger partial charge < -0.3 is 33.8 Å². The maximum atomic E-state index is 13.1. The van der Waals surface area contributed by atoms with Crippen molar-refractivity contribution >= 4 is 39.5 Å². The van der Waals surface area contributed by atoms with E-state index in [0.29, 0.717) is 25.7 Å². The van der Waals surface area contributed by atoms with Crippen molar-refractivity contribution in [2.24, 2.45) is 23.7 Å². The highest BCUT2D eigenvalue weighted by molar-refractivity contribution is 7.47. The van der Waals surface area contributed by atoms with E-state index in [1.165, 1.54) is 186 Å². The van der Waals surface area contributed by atoms with Gasteiger partial charge in [-0.05, 0) is 49.4 Å². The zero-order chi connectivity index (χ0) is 70.3. The van der Waals surface area contributed by atoms with Crippen LogP contribution in [0.5, 0.6) is 0 Å². The number of hydrogen-bond donors (Lipinski definition) is 3. The number of carbonyl (C=O) groups excluding carboxylic acids is 4. The molecule has 0 radical (unpaired) electrons. The largest absolute Gasteiger partial charge is 0.472 e. The minimum Gasteiger partial charge on any atom is -0.462 e. The molecule has 0 heterocycles. The molecule has 95 heavy (non-hydrogen) atoms. The number of esters is 4. The Kier molecular flexibility index (Phi) is 64.0. The molecule has 0 aromatic carbocycles. The van der Waals surface area contributed by atoms with E-state index in [2.05, 4.69) is 55.4 Å². The van der Waals surface area contributed by atoms with Crippen LogP contribution in [0, 0.1) is 23.7 Å². The molecule has 3 N–H and O–H groups in total. The second-order valence-corrected chi connectivity index (χ2v) is 32.0. The van der Waals surface area contributed by atoms with Gasteiger partial charge in [-0.15, -0.1) is 0 Å². The normalized spacial score (nSPS) is 14.4. The molecule has 0 aliphatic heterocycles. The van der Waals surface area contributed by atoms with Gasteiger partial charge >= 0.3 is 39.5 Å². The van der Waals surface area contributed by atoms with Crippen molar-refractivity contribution in [2.75, 3.05) is 39.6 Å². The standard InChI is InChI=1S/C76H148O17P2/c1-9-69(8)55-47-39-31-26-27-33-41-49-57-74(79)87-63-72(93-76(81)59-51-43-35-25-19-22-30-38-46-54-68(6)7)65-91-95(84,85)89-61-70(77)60-88-94(82,83)90-64-71(62-86-73(78)56-48-40-32-23-18-14-16-21-29-37-45-53-67(4)5)92-75(80)58-50-42-34-24-17-13-11-10-12-15-20-28-36-44-52-66(2)3/h66-72,77H,9-65H2,1-8H3,(H,82,83)(H,84,85)/t69?,70-,71-,72-/m1/s1. The molecule has 17 nitrogen and oxygen atoms in total. The predicted octanol–water partition coefficient (Wildman–Crippen LogP) is 22.0. The van der Waals surface area contributed by atoms with Gasteiger partial charge in [0, 0.05) is 25.7 Å². The smallest absolute Gasteiger partial charge is 0.462 e. The summed E-state index contributed by atoms with van der Waals surface area (Å²) >= 11 is 0. The monoisotopic (exact) mass is 1400 g/mol. The Hall–Kier alpha value is -1.94. The van der Waals surface area contributed by atoms with E-state index in [-0.39, 0.29) is 25.7 Å². The van der Waals surface area contributed by atoms with Crippen molar-refractivity contribution in [3.8, 4) is 0 Å². The Balaban J connectivity index is 5.27. The third kappa shape index (κ3) is 69.0. The first-order valence-electron chi connectivity index (χ1n) is 39.2. The first-order chi connectivity index (χ1) is 45.6. The number of unbranched alkanes of at least 4 members (excludes halogenated alkanes) is 38. The third-order valence-corrected chi connectivity index (χ3v) is 19.8. The topological polar surface area (TPSA) is 237 Å². The van der Waals surface area contributed by atoms with Crippen LogP contribution in [0.1, 0.15) is 383 Å². The van der Waals surface area contributed by atoms with Gasteiger partial charge in [-0.25, -0.2) is 9.13 Å². The van der Waals surface area contributed by atoms with E-state index in [9.17, 15) is 43.2 Å². The zero-order valence-corrected chi connectivity index (χ0v) is 64.1. The summed E-state index contributed by atoms with van der Waals surface area (Å²) in [5.74, 6) is 0.959. The van der Waals surface area contributed by atoms with Gasteiger partial charge in [0.15, 0.2) is 12.2 Å². The lowest BCUT2D eigenvalue weighted by Crippen LogP contribution is -2.30. The maximum Gasteiger partial charge on any atom is 0.472 e. The average molecular weight is 1400 g/mol. The lowest BCUT2D eigenvalue weighted by molar-refractivity contribution is -0.161. The number of rotatable bonds is 73. The third-order valence-electron chi connectivity index (χ3n) is 17.9. The number of carbonyl (C=O) groups is 4. The van der Waals surface area contributed by atoms with Gasteiger partial charge in [0.05, 0.1) is 26.4 Å². The molecular formula is C76H148O17P2. The summed E-state index contributed by atoms with van der Waals surface area (Å²) in [6, 6.07) is 0. The molecule has 0 fully saturated rings. The summed E-state index contributed by atoms with van der Waals surface area (Å²) in [5.41, 5.74) is 0. The van der Waals surface area contributed by atoms with Gasteiger partial charge in [0.1, 0.15) is 19.3 Å². The molecule has 6 atom stereocenters. The highest BCUT2D eigenvalue weighted by Crippen LogP contribution is 2.45. The summed E-state index contributed by atoms with van der Waals surface area (Å²) in [6.45, 7) is 14.2. The molecule has 0 saturated heterocycles. The molecule has 0 rings (SSSR count). The predicted molar refractivity (Wildman–Crippen MR) is 386 cm³/mol. The van der Waals surface area contributed by atoms with Crippen LogP contribution in [0.2, 0.25) is 0 Å². The molecule has 0 spiro atoms. The van der Waals surface area contributed by atoms with E-state index in [1.54, 1.807) is 0 Å². The second-order valence-electron chi connectivity index (χ2n) is 29.1. The van der Waals surface area contributed by atoms with Gasteiger partial charge in [-0.3, -0.25) is 37.3 Å². The SMILES string of the molecule is CCC(C)CCCCCCCCCCC(=O)OC[C@H](COP(=O)(O)OC[C@H](O)COP(=O)(O)OC[C@@H](COC(=O)CCCCCCCCCCCCCC(C)C)OC(=O)CCCCCCCCCCCCCCCCC(C)C)OC(=O)CCCCCCCCCCCC(C)C. The summed E-state index contributed by atoms with van der Waals surface area (Å²) in [5, 5.41) is 10.6. The summed E-state index contributed by atoms with van der Waals surface area (Å²) in [7, 11) is -9.91. The molecule has 0 saturated carbocycles. The van der Waals surface area contributed by atoms with E-state index < -0.39 is 97.5 Å². The Morgan fingerprint density at radius 3 is 0.747 bits per heavy atom. The van der Waals surface area contributed by atoms with E-state index in [4.69, 9.17) is 37.0 Å². The number of phosphoric ester groups is 2. The quantitative estimate of drug-likeness (QED) is 0.0222. The minimum atomic E-state index is -4.96. The highest BCUT2D eigenvalue weighted by atomic mass is 31.2. The molecule has 0 aliphatic carbocycles. The van der Waals surface area contributed by atoms with Crippen molar-refractivity contribution in [1.29, 1.82) is 0 Å². The van der Waals surface area contributed by atoms with Gasteiger partial charge in [-0.2, -0.15) is 0 Å². The van der Waals surface area contributed by atoms with Gasteiger partial charge in [0.25, 0.3) is 0 Å². The minimum absolute atomic E-state index is 0.104. The van der Waals surface area contributed by atoms with Crippen LogP contribution in [0.25, 0.3) is 0 Å². The average Bonchev–Trinajstić information content (AvgIpc) is 2.51. The van der Waals surface area contributed by atoms with Crippen molar-refractivity contribution in [3.63, 3.8) is 0 Å². The van der Waals surface area contributed by atoms with E-state index in [0.717, 1.165) is 114 Å². The second kappa shape index (κ2) is 65.4. The zero-order valence-electron chi connectivity index (χ0n) is 62.3. The molecule has 3 unspecified atom stereocenters. The fourth-order valence-electron chi connectivity index (χ4n) is 11.5. The van der Waals surface area contributed by atoms with Crippen molar-refractivity contribution in [3.05, 3.63) is 0 Å². The number of hydrogen-bond acceptors (Lipinski definition) is 15. The van der Waals surface area contributed by atoms with Crippen molar-refractivity contribution in [2.45, 2.75) is 401 Å². The molecule has 0 amide bonds. The van der Waals surface area contributed by atoms with Crippen molar-refractivity contribution < 1.29 is 80.2 Å².